The molecule has 16 heavy (non-hydrogen) atoms. The molecule has 2 rings (SSSR count). The van der Waals surface area contributed by atoms with Crippen molar-refractivity contribution in [3.05, 3.63) is 0 Å². The number of nitrogens with zero attached hydrogens (tertiary/aromatic N) is 1. The van der Waals surface area contributed by atoms with E-state index in [9.17, 15) is 9.90 Å². The molecule has 0 aromatic rings. The van der Waals surface area contributed by atoms with E-state index in [0.29, 0.717) is 6.61 Å². The normalized spacial score (nSPS) is 34.0. The molecule has 0 aromatic heterocycles. The van der Waals surface area contributed by atoms with Crippen LogP contribution in [-0.4, -0.2) is 47.2 Å². The van der Waals surface area contributed by atoms with Crippen molar-refractivity contribution < 1.29 is 19.4 Å². The molecule has 0 aliphatic carbocycles. The van der Waals surface area contributed by atoms with Crippen LogP contribution in [0.15, 0.2) is 0 Å². The van der Waals surface area contributed by atoms with E-state index in [1.54, 1.807) is 13.8 Å². The fourth-order valence-electron chi connectivity index (χ4n) is 2.55. The Balaban J connectivity index is 2.11. The molecule has 5 heteroatoms. The summed E-state index contributed by atoms with van der Waals surface area (Å²) in [6, 6.07) is -0.159. The molecular formula is C11H19NO4. The number of carbonyl (C=O) groups is 1. The predicted octanol–water partition coefficient (Wildman–Crippen LogP) is 1.67. The molecule has 0 saturated carbocycles. The monoisotopic (exact) mass is 229 g/mol. The summed E-state index contributed by atoms with van der Waals surface area (Å²) in [5, 5.41) is 9.24. The fourth-order valence-corrected chi connectivity index (χ4v) is 2.55. The van der Waals surface area contributed by atoms with Crippen molar-refractivity contribution in [2.24, 2.45) is 0 Å². The largest absolute Gasteiger partial charge is 0.465 e. The first-order valence-corrected chi connectivity index (χ1v) is 5.80. The smallest absolute Gasteiger partial charge is 0.409 e. The lowest BCUT2D eigenvalue weighted by atomic mass is 10.0. The van der Waals surface area contributed by atoms with E-state index in [-0.39, 0.29) is 12.1 Å². The Bertz CT molecular complexity index is 273. The summed E-state index contributed by atoms with van der Waals surface area (Å²) < 4.78 is 11.2. The number of hydrogen-bond acceptors (Lipinski definition) is 3. The zero-order valence-corrected chi connectivity index (χ0v) is 9.81. The van der Waals surface area contributed by atoms with E-state index < -0.39 is 11.8 Å². The van der Waals surface area contributed by atoms with E-state index in [1.807, 2.05) is 0 Å². The highest BCUT2D eigenvalue weighted by Gasteiger charge is 2.47. The fraction of sp³-hybridized carbons (Fsp3) is 0.909. The summed E-state index contributed by atoms with van der Waals surface area (Å²) in [7, 11) is 0. The van der Waals surface area contributed by atoms with Crippen LogP contribution in [0.1, 0.15) is 33.1 Å². The van der Waals surface area contributed by atoms with E-state index in [4.69, 9.17) is 9.47 Å². The molecule has 0 spiro atoms. The van der Waals surface area contributed by atoms with E-state index >= 15 is 0 Å². The van der Waals surface area contributed by atoms with Gasteiger partial charge in [-0.05, 0) is 33.1 Å². The molecule has 2 aliphatic rings. The maximum absolute atomic E-state index is 11.3. The van der Waals surface area contributed by atoms with Gasteiger partial charge in [-0.25, -0.2) is 4.79 Å². The quantitative estimate of drug-likeness (QED) is 0.743. The molecule has 2 heterocycles. The molecule has 2 fully saturated rings. The SMILES string of the molecule is CC1(C)OC[C@@H](C2CCCCO2)N1C(=O)O. The summed E-state index contributed by atoms with van der Waals surface area (Å²) in [6.45, 7) is 4.73. The van der Waals surface area contributed by atoms with Gasteiger partial charge in [-0.1, -0.05) is 0 Å². The first-order valence-electron chi connectivity index (χ1n) is 5.80. The van der Waals surface area contributed by atoms with Gasteiger partial charge in [0.15, 0.2) is 0 Å². The summed E-state index contributed by atoms with van der Waals surface area (Å²) in [5.41, 5.74) is -0.739. The van der Waals surface area contributed by atoms with Crippen LogP contribution in [0.5, 0.6) is 0 Å². The van der Waals surface area contributed by atoms with Gasteiger partial charge in [-0.15, -0.1) is 0 Å². The van der Waals surface area contributed by atoms with Gasteiger partial charge in [0.1, 0.15) is 5.72 Å². The highest BCUT2D eigenvalue weighted by Crippen LogP contribution is 2.32. The lowest BCUT2D eigenvalue weighted by Crippen LogP contribution is -2.52. The Kier molecular flexibility index (Phi) is 3.08. The van der Waals surface area contributed by atoms with Crippen molar-refractivity contribution in [1.82, 2.24) is 4.90 Å². The van der Waals surface area contributed by atoms with Crippen LogP contribution < -0.4 is 0 Å². The third-order valence-electron chi connectivity index (χ3n) is 3.37. The second-order valence-corrected chi connectivity index (χ2v) is 4.88. The lowest BCUT2D eigenvalue weighted by Gasteiger charge is -2.35. The molecule has 1 unspecified atom stereocenters. The van der Waals surface area contributed by atoms with Crippen LogP contribution in [-0.2, 0) is 9.47 Å². The van der Waals surface area contributed by atoms with E-state index in [2.05, 4.69) is 0 Å². The van der Waals surface area contributed by atoms with Crippen LogP contribution in [0.2, 0.25) is 0 Å². The van der Waals surface area contributed by atoms with Gasteiger partial charge in [0.05, 0.1) is 18.8 Å². The Labute approximate surface area is 95.3 Å². The summed E-state index contributed by atoms with van der Waals surface area (Å²) in [6.07, 6.45) is 2.16. The molecule has 2 aliphatic heterocycles. The van der Waals surface area contributed by atoms with Gasteiger partial charge in [-0.3, -0.25) is 4.90 Å². The Hall–Kier alpha value is -0.810. The molecule has 2 atom stereocenters. The predicted molar refractivity (Wildman–Crippen MR) is 57.3 cm³/mol. The minimum Gasteiger partial charge on any atom is -0.465 e. The summed E-state index contributed by atoms with van der Waals surface area (Å²) in [4.78, 5) is 12.7. The van der Waals surface area contributed by atoms with Gasteiger partial charge in [0, 0.05) is 6.61 Å². The maximum atomic E-state index is 11.3. The van der Waals surface area contributed by atoms with Crippen LogP contribution >= 0.6 is 0 Å². The minimum absolute atomic E-state index is 0.00775. The van der Waals surface area contributed by atoms with Crippen molar-refractivity contribution >= 4 is 6.09 Å². The molecule has 2 saturated heterocycles. The topological polar surface area (TPSA) is 59.0 Å². The average molecular weight is 229 g/mol. The summed E-state index contributed by atoms with van der Waals surface area (Å²) >= 11 is 0. The van der Waals surface area contributed by atoms with Gasteiger partial charge >= 0.3 is 6.09 Å². The Morgan fingerprint density at radius 1 is 1.44 bits per heavy atom. The van der Waals surface area contributed by atoms with Crippen LogP contribution in [0.3, 0.4) is 0 Å². The number of ether oxygens (including phenoxy) is 2. The van der Waals surface area contributed by atoms with E-state index in [1.165, 1.54) is 4.90 Å². The summed E-state index contributed by atoms with van der Waals surface area (Å²) in [5.74, 6) is 0. The van der Waals surface area contributed by atoms with Crippen LogP contribution in [0.25, 0.3) is 0 Å². The number of amides is 1. The lowest BCUT2D eigenvalue weighted by molar-refractivity contribution is -0.0587. The second kappa shape index (κ2) is 4.22. The number of carboxylic acid groups (broad SMARTS) is 1. The van der Waals surface area contributed by atoms with Crippen LogP contribution in [0.4, 0.5) is 4.79 Å². The van der Waals surface area contributed by atoms with Crippen molar-refractivity contribution in [3.63, 3.8) is 0 Å². The van der Waals surface area contributed by atoms with Gasteiger partial charge in [-0.2, -0.15) is 0 Å². The highest BCUT2D eigenvalue weighted by molar-refractivity contribution is 5.66. The van der Waals surface area contributed by atoms with E-state index in [0.717, 1.165) is 25.9 Å². The molecule has 5 nitrogen and oxygen atoms in total. The third-order valence-corrected chi connectivity index (χ3v) is 3.37. The minimum atomic E-state index is -0.929. The molecule has 0 aromatic carbocycles. The molecule has 1 N–H and O–H groups in total. The highest BCUT2D eigenvalue weighted by atomic mass is 16.5. The van der Waals surface area contributed by atoms with Gasteiger partial charge in [0.2, 0.25) is 0 Å². The van der Waals surface area contributed by atoms with Gasteiger partial charge < -0.3 is 14.6 Å². The molecule has 0 bridgehead atoms. The van der Waals surface area contributed by atoms with Crippen molar-refractivity contribution in [3.8, 4) is 0 Å². The van der Waals surface area contributed by atoms with Gasteiger partial charge in [0.25, 0.3) is 0 Å². The Morgan fingerprint density at radius 2 is 2.19 bits per heavy atom. The first-order chi connectivity index (χ1) is 7.52. The van der Waals surface area contributed by atoms with Crippen molar-refractivity contribution in [2.45, 2.75) is 51.0 Å². The zero-order valence-electron chi connectivity index (χ0n) is 9.81. The number of hydrogen-bond donors (Lipinski definition) is 1. The first kappa shape index (κ1) is 11.7. The molecule has 0 radical (unpaired) electrons. The number of rotatable bonds is 1. The van der Waals surface area contributed by atoms with Crippen molar-refractivity contribution in [2.75, 3.05) is 13.2 Å². The van der Waals surface area contributed by atoms with Crippen LogP contribution in [0, 0.1) is 0 Å². The maximum Gasteiger partial charge on any atom is 0.409 e. The standard InChI is InChI=1S/C11H19NO4/c1-11(2)12(10(13)14)8(7-16-11)9-5-3-4-6-15-9/h8-9H,3-7H2,1-2H3,(H,13,14)/t8-,9?/m0/s1. The molecular weight excluding hydrogens is 210 g/mol. The molecule has 92 valence electrons. The molecule has 1 amide bonds. The average Bonchev–Trinajstić information content (AvgIpc) is 2.55. The third kappa shape index (κ3) is 2.01. The van der Waals surface area contributed by atoms with Crippen molar-refractivity contribution in [1.29, 1.82) is 0 Å². The Morgan fingerprint density at radius 3 is 2.75 bits per heavy atom. The zero-order chi connectivity index (χ0) is 11.8. The second-order valence-electron chi connectivity index (χ2n) is 4.88.